The average molecular weight is 379 g/mol. The van der Waals surface area contributed by atoms with Crippen molar-refractivity contribution in [2.75, 3.05) is 13.2 Å². The summed E-state index contributed by atoms with van der Waals surface area (Å²) in [5.74, 6) is -2.12. The Morgan fingerprint density at radius 2 is 2.04 bits per heavy atom. The van der Waals surface area contributed by atoms with Gasteiger partial charge >= 0.3 is 0 Å². The van der Waals surface area contributed by atoms with Gasteiger partial charge in [0.1, 0.15) is 28.5 Å². The molecule has 0 aliphatic carbocycles. The molecule has 1 aromatic carbocycles. The number of rotatable bonds is 5. The second-order valence-corrected chi connectivity index (χ2v) is 6.81. The van der Waals surface area contributed by atoms with E-state index in [2.05, 4.69) is 15.5 Å². The molecule has 0 radical (unpaired) electrons. The molecule has 2 heterocycles. The average Bonchev–Trinajstić information content (AvgIpc) is 2.58. The van der Waals surface area contributed by atoms with E-state index in [1.807, 2.05) is 0 Å². The second-order valence-electron chi connectivity index (χ2n) is 6.81. The highest BCUT2D eigenvalue weighted by Crippen LogP contribution is 2.21. The van der Waals surface area contributed by atoms with E-state index in [-0.39, 0.29) is 24.5 Å². The third-order valence-corrected chi connectivity index (χ3v) is 4.03. The molecule has 0 saturated carbocycles. The topological polar surface area (TPSA) is 93.3 Å². The molecule has 0 spiro atoms. The number of amides is 1. The van der Waals surface area contributed by atoms with Crippen LogP contribution in [0.1, 0.15) is 35.5 Å². The molecule has 0 unspecified atom stereocenters. The number of halogens is 2. The fourth-order valence-corrected chi connectivity index (χ4v) is 2.79. The Morgan fingerprint density at radius 3 is 2.74 bits per heavy atom. The molecule has 2 aromatic rings. The summed E-state index contributed by atoms with van der Waals surface area (Å²) >= 11 is 0. The Hall–Kier alpha value is -2.81. The maximum atomic E-state index is 13.3. The van der Waals surface area contributed by atoms with E-state index in [0.29, 0.717) is 24.3 Å². The quantitative estimate of drug-likeness (QED) is 0.825. The summed E-state index contributed by atoms with van der Waals surface area (Å²) in [5.41, 5.74) is -0.549. The summed E-state index contributed by atoms with van der Waals surface area (Å²) in [7, 11) is 0. The molecule has 1 aromatic heterocycles. The van der Waals surface area contributed by atoms with Gasteiger partial charge in [0.25, 0.3) is 11.5 Å². The van der Waals surface area contributed by atoms with Crippen LogP contribution in [0.25, 0.3) is 0 Å². The predicted molar refractivity (Wildman–Crippen MR) is 91.6 cm³/mol. The van der Waals surface area contributed by atoms with Crippen LogP contribution in [0.4, 0.5) is 8.78 Å². The number of nitrogens with zero attached hydrogens (tertiary/aromatic N) is 1. The van der Waals surface area contributed by atoms with Gasteiger partial charge in [0.2, 0.25) is 0 Å². The summed E-state index contributed by atoms with van der Waals surface area (Å²) in [6.07, 6.45) is 0.506. The molecule has 3 rings (SSSR count). The van der Waals surface area contributed by atoms with Gasteiger partial charge in [0.15, 0.2) is 0 Å². The molecule has 0 saturated heterocycles. The molecule has 0 bridgehead atoms. The smallest absolute Gasteiger partial charge is 0.277 e. The summed E-state index contributed by atoms with van der Waals surface area (Å²) in [4.78, 5) is 24.6. The first-order valence-electron chi connectivity index (χ1n) is 8.37. The van der Waals surface area contributed by atoms with Gasteiger partial charge in [0.05, 0.1) is 25.5 Å². The zero-order chi connectivity index (χ0) is 19.6. The third-order valence-electron chi connectivity index (χ3n) is 4.03. The van der Waals surface area contributed by atoms with Gasteiger partial charge in [-0.25, -0.2) is 13.9 Å². The lowest BCUT2D eigenvalue weighted by atomic mass is 10.0. The second kappa shape index (κ2) is 7.43. The van der Waals surface area contributed by atoms with E-state index in [4.69, 9.17) is 9.47 Å². The van der Waals surface area contributed by atoms with Crippen LogP contribution in [0.15, 0.2) is 23.0 Å². The predicted octanol–water partition coefficient (Wildman–Crippen LogP) is 1.71. The van der Waals surface area contributed by atoms with Gasteiger partial charge < -0.3 is 14.8 Å². The molecule has 1 aliphatic heterocycles. The molecule has 1 amide bonds. The Morgan fingerprint density at radius 1 is 1.33 bits per heavy atom. The number of aromatic amines is 1. The van der Waals surface area contributed by atoms with Gasteiger partial charge in [-0.2, -0.15) is 5.10 Å². The van der Waals surface area contributed by atoms with Crippen LogP contribution in [-0.2, 0) is 17.8 Å². The number of nitrogens with one attached hydrogen (secondary N) is 2. The maximum absolute atomic E-state index is 13.3. The number of benzene rings is 1. The number of aromatic nitrogens is 2. The molecule has 2 N–H and O–H groups in total. The maximum Gasteiger partial charge on any atom is 0.277 e. The van der Waals surface area contributed by atoms with Gasteiger partial charge in [-0.3, -0.25) is 9.59 Å². The van der Waals surface area contributed by atoms with Gasteiger partial charge in [0, 0.05) is 30.2 Å². The van der Waals surface area contributed by atoms with Crippen LogP contribution < -0.4 is 15.6 Å². The highest BCUT2D eigenvalue weighted by Gasteiger charge is 2.26. The minimum atomic E-state index is -0.980. The van der Waals surface area contributed by atoms with Crippen LogP contribution in [0.5, 0.6) is 5.75 Å². The lowest BCUT2D eigenvalue weighted by Crippen LogP contribution is -2.44. The van der Waals surface area contributed by atoms with Crippen molar-refractivity contribution in [1.82, 2.24) is 15.5 Å². The van der Waals surface area contributed by atoms with Crippen molar-refractivity contribution in [3.63, 3.8) is 0 Å². The van der Waals surface area contributed by atoms with Crippen molar-refractivity contribution in [2.45, 2.75) is 32.5 Å². The summed E-state index contributed by atoms with van der Waals surface area (Å²) in [6, 6.07) is 2.84. The van der Waals surface area contributed by atoms with E-state index in [9.17, 15) is 18.4 Å². The molecule has 0 fully saturated rings. The van der Waals surface area contributed by atoms with E-state index in [0.717, 1.165) is 18.2 Å². The normalized spacial score (nSPS) is 13.8. The molecular formula is C18H19F2N3O4. The lowest BCUT2D eigenvalue weighted by Gasteiger charge is -2.27. The Balaban J connectivity index is 1.72. The van der Waals surface area contributed by atoms with Crippen molar-refractivity contribution in [2.24, 2.45) is 0 Å². The molecule has 1 aliphatic rings. The van der Waals surface area contributed by atoms with E-state index >= 15 is 0 Å². The van der Waals surface area contributed by atoms with E-state index in [1.165, 1.54) is 0 Å². The number of hydrogen-bond donors (Lipinski definition) is 2. The third kappa shape index (κ3) is 4.48. The monoisotopic (exact) mass is 379 g/mol. The zero-order valence-corrected chi connectivity index (χ0v) is 14.9. The van der Waals surface area contributed by atoms with E-state index < -0.39 is 28.7 Å². The standard InChI is InChI=1S/C18H19F2N3O4/c1-18(2,27-12-6-10(19)5-11(20)7-12)9-21-16(24)15-13-8-26-4-3-14(13)22-23-17(15)25/h5-7H,3-4,8-9H2,1-2H3,(H,21,24)(H,23,25). The van der Waals surface area contributed by atoms with Crippen LogP contribution in [0.3, 0.4) is 0 Å². The van der Waals surface area contributed by atoms with Gasteiger partial charge in [-0.1, -0.05) is 0 Å². The fourth-order valence-electron chi connectivity index (χ4n) is 2.79. The lowest BCUT2D eigenvalue weighted by molar-refractivity contribution is 0.0805. The number of ether oxygens (including phenoxy) is 2. The van der Waals surface area contributed by atoms with Crippen molar-refractivity contribution in [3.8, 4) is 5.75 Å². The van der Waals surface area contributed by atoms with Crippen LogP contribution in [0, 0.1) is 11.6 Å². The molecule has 7 nitrogen and oxygen atoms in total. The fraction of sp³-hybridized carbons (Fsp3) is 0.389. The number of fused-ring (bicyclic) bond motifs is 1. The molecule has 0 atom stereocenters. The number of H-pyrrole nitrogens is 1. The van der Waals surface area contributed by atoms with Crippen molar-refractivity contribution >= 4 is 5.91 Å². The minimum Gasteiger partial charge on any atom is -0.486 e. The first-order chi connectivity index (χ1) is 12.7. The van der Waals surface area contributed by atoms with Crippen LogP contribution in [0.2, 0.25) is 0 Å². The summed E-state index contributed by atoms with van der Waals surface area (Å²) < 4.78 is 37.5. The number of carbonyl (C=O) groups is 1. The SMILES string of the molecule is CC(C)(CNC(=O)c1c2c(n[nH]c1=O)CCOC2)Oc1cc(F)cc(F)c1. The van der Waals surface area contributed by atoms with Gasteiger partial charge in [-0.05, 0) is 13.8 Å². The number of hydrogen-bond acceptors (Lipinski definition) is 5. The van der Waals surface area contributed by atoms with Crippen molar-refractivity contribution < 1.29 is 23.0 Å². The van der Waals surface area contributed by atoms with Crippen LogP contribution in [-0.4, -0.2) is 34.9 Å². The molecule has 9 heteroatoms. The van der Waals surface area contributed by atoms with E-state index in [1.54, 1.807) is 13.8 Å². The largest absolute Gasteiger partial charge is 0.486 e. The molecular weight excluding hydrogens is 360 g/mol. The van der Waals surface area contributed by atoms with Crippen molar-refractivity contribution in [3.05, 3.63) is 57.0 Å². The Bertz CT molecular complexity index is 907. The number of carbonyl (C=O) groups excluding carboxylic acids is 1. The van der Waals surface area contributed by atoms with Gasteiger partial charge in [-0.15, -0.1) is 0 Å². The zero-order valence-electron chi connectivity index (χ0n) is 14.9. The Kier molecular flexibility index (Phi) is 5.22. The summed E-state index contributed by atoms with van der Waals surface area (Å²) in [5, 5.41) is 8.90. The minimum absolute atomic E-state index is 0.000661. The first kappa shape index (κ1) is 19.0. The molecule has 144 valence electrons. The molecule has 27 heavy (non-hydrogen) atoms. The van der Waals surface area contributed by atoms with Crippen LogP contribution >= 0.6 is 0 Å². The highest BCUT2D eigenvalue weighted by atomic mass is 19.1. The van der Waals surface area contributed by atoms with Crippen molar-refractivity contribution in [1.29, 1.82) is 0 Å². The Labute approximate surface area is 153 Å². The summed E-state index contributed by atoms with van der Waals surface area (Å²) in [6.45, 7) is 3.90. The first-order valence-corrected chi connectivity index (χ1v) is 8.37. The highest BCUT2D eigenvalue weighted by molar-refractivity contribution is 5.95.